The molecule has 1 N–H and O–H groups in total. The average molecular weight is 519 g/mol. The number of ether oxygens (including phenoxy) is 2. The molecule has 2 aromatic heterocycles. The molecule has 0 spiro atoms. The molecular weight excluding hydrogens is 488 g/mol. The third-order valence-corrected chi connectivity index (χ3v) is 6.46. The van der Waals surface area contributed by atoms with Crippen LogP contribution in [0, 0.1) is 6.92 Å². The summed E-state index contributed by atoms with van der Waals surface area (Å²) >= 11 is 6.17. The lowest BCUT2D eigenvalue weighted by Crippen LogP contribution is -2.47. The first-order chi connectivity index (χ1) is 18.0. The number of pyridine rings is 1. The summed E-state index contributed by atoms with van der Waals surface area (Å²) in [7, 11) is 0. The quantitative estimate of drug-likeness (QED) is 0.311. The molecule has 1 aliphatic heterocycles. The van der Waals surface area contributed by atoms with Gasteiger partial charge >= 0.3 is 0 Å². The maximum atomic E-state index is 6.17. The molecule has 0 bridgehead atoms. The molecule has 9 heteroatoms. The zero-order valence-corrected chi connectivity index (χ0v) is 22.1. The van der Waals surface area contributed by atoms with Crippen LogP contribution < -0.4 is 24.6 Å². The van der Waals surface area contributed by atoms with E-state index in [2.05, 4.69) is 37.2 Å². The summed E-state index contributed by atoms with van der Waals surface area (Å²) in [4.78, 5) is 18.6. The smallest absolute Gasteiger partial charge is 0.229 e. The van der Waals surface area contributed by atoms with Crippen LogP contribution in [-0.2, 0) is 0 Å². The van der Waals surface area contributed by atoms with Gasteiger partial charge in [0.25, 0.3) is 0 Å². The van der Waals surface area contributed by atoms with Crippen molar-refractivity contribution in [2.75, 3.05) is 54.5 Å². The van der Waals surface area contributed by atoms with Gasteiger partial charge in [0.2, 0.25) is 5.95 Å². The van der Waals surface area contributed by atoms with Crippen LogP contribution in [0.5, 0.6) is 11.5 Å². The number of benzene rings is 2. The Morgan fingerprint density at radius 1 is 0.865 bits per heavy atom. The summed E-state index contributed by atoms with van der Waals surface area (Å²) in [5, 5.41) is 5.16. The van der Waals surface area contributed by atoms with Crippen LogP contribution in [0.4, 0.5) is 23.1 Å². The van der Waals surface area contributed by atoms with Gasteiger partial charge in [-0.1, -0.05) is 11.6 Å². The lowest BCUT2D eigenvalue weighted by atomic mass is 10.1. The Morgan fingerprint density at radius 2 is 1.57 bits per heavy atom. The van der Waals surface area contributed by atoms with E-state index >= 15 is 0 Å². The molecule has 1 saturated heterocycles. The van der Waals surface area contributed by atoms with Gasteiger partial charge in [0, 0.05) is 84.1 Å². The summed E-state index contributed by atoms with van der Waals surface area (Å²) in [6.07, 6.45) is 1.85. The Morgan fingerprint density at radius 3 is 2.27 bits per heavy atom. The number of nitrogens with one attached hydrogen (secondary N) is 1. The summed E-state index contributed by atoms with van der Waals surface area (Å²) in [5.74, 6) is 2.94. The van der Waals surface area contributed by atoms with E-state index in [1.165, 1.54) is 5.69 Å². The highest BCUT2D eigenvalue weighted by Crippen LogP contribution is 2.30. The predicted octanol–water partition coefficient (Wildman–Crippen LogP) is 5.85. The van der Waals surface area contributed by atoms with Crippen molar-refractivity contribution in [1.82, 2.24) is 15.0 Å². The molecule has 1 aliphatic rings. The third-order valence-electron chi connectivity index (χ3n) is 6.22. The predicted molar refractivity (Wildman–Crippen MR) is 150 cm³/mol. The van der Waals surface area contributed by atoms with Crippen LogP contribution in [-0.4, -0.2) is 54.3 Å². The minimum absolute atomic E-state index is 0.547. The van der Waals surface area contributed by atoms with E-state index in [-0.39, 0.29) is 0 Å². The van der Waals surface area contributed by atoms with Crippen molar-refractivity contribution in [1.29, 1.82) is 0 Å². The van der Waals surface area contributed by atoms with Crippen molar-refractivity contribution in [2.24, 2.45) is 0 Å². The van der Waals surface area contributed by atoms with Crippen LogP contribution in [0.2, 0.25) is 5.02 Å². The number of hydrogen-bond acceptors (Lipinski definition) is 8. The highest BCUT2D eigenvalue weighted by atomic mass is 35.5. The molecule has 5 rings (SSSR count). The molecule has 3 heterocycles. The number of fused-ring (bicyclic) bond motifs is 1. The first-order valence-corrected chi connectivity index (χ1v) is 13.0. The van der Waals surface area contributed by atoms with E-state index in [4.69, 9.17) is 26.1 Å². The molecule has 8 nitrogen and oxygen atoms in total. The number of rotatable bonds is 8. The van der Waals surface area contributed by atoms with Gasteiger partial charge in [0.05, 0.1) is 18.7 Å². The maximum absolute atomic E-state index is 6.17. The van der Waals surface area contributed by atoms with E-state index < -0.39 is 0 Å². The zero-order chi connectivity index (χ0) is 25.8. The van der Waals surface area contributed by atoms with Crippen molar-refractivity contribution in [3.05, 3.63) is 65.4 Å². The van der Waals surface area contributed by atoms with Crippen LogP contribution in [0.15, 0.2) is 54.7 Å². The molecule has 0 saturated carbocycles. The topological polar surface area (TPSA) is 75.6 Å². The van der Waals surface area contributed by atoms with E-state index in [0.29, 0.717) is 24.2 Å². The number of piperazine rings is 1. The van der Waals surface area contributed by atoms with Crippen LogP contribution in [0.3, 0.4) is 0 Å². The monoisotopic (exact) mass is 518 g/mol. The number of hydrogen-bond donors (Lipinski definition) is 1. The van der Waals surface area contributed by atoms with Crippen molar-refractivity contribution >= 4 is 45.6 Å². The summed E-state index contributed by atoms with van der Waals surface area (Å²) in [6, 6.07) is 15.8. The molecular formula is C28H31ClN6O2. The van der Waals surface area contributed by atoms with Gasteiger partial charge in [-0.3, -0.25) is 4.98 Å². The maximum Gasteiger partial charge on any atom is 0.229 e. The van der Waals surface area contributed by atoms with Crippen molar-refractivity contribution < 1.29 is 9.47 Å². The van der Waals surface area contributed by atoms with Crippen LogP contribution in [0.1, 0.15) is 19.5 Å². The van der Waals surface area contributed by atoms with Gasteiger partial charge in [-0.25, -0.2) is 4.98 Å². The SMILES string of the molecule is CCOc1cc(Nc2nc(C)cc(N3CCN(c4ccnc5cc(Cl)ccc45)CC3)n2)cc(OCC)c1. The van der Waals surface area contributed by atoms with Gasteiger partial charge in [-0.05, 0) is 45.0 Å². The number of aromatic nitrogens is 3. The number of halogens is 1. The Labute approximate surface area is 222 Å². The van der Waals surface area contributed by atoms with Gasteiger partial charge in [0.1, 0.15) is 17.3 Å². The minimum atomic E-state index is 0.547. The number of nitrogens with zero attached hydrogens (tertiary/aromatic N) is 5. The second-order valence-electron chi connectivity index (χ2n) is 8.84. The molecule has 37 heavy (non-hydrogen) atoms. The Balaban J connectivity index is 1.32. The summed E-state index contributed by atoms with van der Waals surface area (Å²) in [6.45, 7) is 10.5. The normalized spacial score (nSPS) is 13.6. The fourth-order valence-electron chi connectivity index (χ4n) is 4.60. The van der Waals surface area contributed by atoms with Gasteiger partial charge < -0.3 is 24.6 Å². The molecule has 4 aromatic rings. The zero-order valence-electron chi connectivity index (χ0n) is 21.4. The Hall–Kier alpha value is -3.78. The van der Waals surface area contributed by atoms with Gasteiger partial charge in [0.15, 0.2) is 0 Å². The van der Waals surface area contributed by atoms with E-state index in [0.717, 1.165) is 65.8 Å². The molecule has 0 atom stereocenters. The minimum Gasteiger partial charge on any atom is -0.494 e. The molecule has 0 unspecified atom stereocenters. The Bertz CT molecular complexity index is 1370. The molecule has 1 fully saturated rings. The fourth-order valence-corrected chi connectivity index (χ4v) is 4.77. The summed E-state index contributed by atoms with van der Waals surface area (Å²) in [5.41, 5.74) is 3.82. The average Bonchev–Trinajstić information content (AvgIpc) is 2.88. The van der Waals surface area contributed by atoms with Crippen molar-refractivity contribution in [3.63, 3.8) is 0 Å². The molecule has 0 aliphatic carbocycles. The number of anilines is 4. The molecule has 2 aromatic carbocycles. The fraction of sp³-hybridized carbons (Fsp3) is 0.321. The van der Waals surface area contributed by atoms with E-state index in [9.17, 15) is 0 Å². The Kier molecular flexibility index (Phi) is 7.46. The standard InChI is InChI=1S/C28H31ClN6O2/c1-4-36-22-16-21(17-23(18-22)37-5-2)32-28-31-19(3)14-27(33-28)35-12-10-34(11-13-35)26-8-9-30-25-15-20(29)6-7-24(25)26/h6-9,14-18H,4-5,10-13H2,1-3H3,(H,31,32,33). The number of aryl methyl sites for hydroxylation is 1. The van der Waals surface area contributed by atoms with Crippen LogP contribution >= 0.6 is 11.6 Å². The first kappa shape index (κ1) is 24.9. The van der Waals surface area contributed by atoms with E-state index in [1.807, 2.05) is 63.4 Å². The third kappa shape index (κ3) is 5.80. The van der Waals surface area contributed by atoms with Crippen molar-refractivity contribution in [3.8, 4) is 11.5 Å². The van der Waals surface area contributed by atoms with Crippen molar-refractivity contribution in [2.45, 2.75) is 20.8 Å². The molecule has 192 valence electrons. The summed E-state index contributed by atoms with van der Waals surface area (Å²) < 4.78 is 11.4. The van der Waals surface area contributed by atoms with Gasteiger partial charge in [-0.2, -0.15) is 4.98 Å². The highest BCUT2D eigenvalue weighted by molar-refractivity contribution is 6.31. The largest absolute Gasteiger partial charge is 0.494 e. The second kappa shape index (κ2) is 11.1. The molecule has 0 radical (unpaired) electrons. The van der Waals surface area contributed by atoms with E-state index in [1.54, 1.807) is 0 Å². The second-order valence-corrected chi connectivity index (χ2v) is 9.28. The van der Waals surface area contributed by atoms with Crippen LogP contribution in [0.25, 0.3) is 10.9 Å². The first-order valence-electron chi connectivity index (χ1n) is 12.6. The molecule has 0 amide bonds. The van der Waals surface area contributed by atoms with Gasteiger partial charge in [-0.15, -0.1) is 0 Å². The lowest BCUT2D eigenvalue weighted by molar-refractivity contribution is 0.323. The lowest BCUT2D eigenvalue weighted by Gasteiger charge is -2.37. The highest BCUT2D eigenvalue weighted by Gasteiger charge is 2.21.